The summed E-state index contributed by atoms with van der Waals surface area (Å²) in [6.07, 6.45) is 7.21. The summed E-state index contributed by atoms with van der Waals surface area (Å²) >= 11 is 1.72. The molecule has 0 aliphatic rings. The molecule has 3 nitrogen and oxygen atoms in total. The lowest BCUT2D eigenvalue weighted by molar-refractivity contribution is 0.522. The van der Waals surface area contributed by atoms with Crippen LogP contribution in [0.5, 0.6) is 0 Å². The van der Waals surface area contributed by atoms with E-state index in [1.54, 1.807) is 11.3 Å². The summed E-state index contributed by atoms with van der Waals surface area (Å²) in [5.41, 5.74) is 1.04. The summed E-state index contributed by atoms with van der Waals surface area (Å²) in [6.45, 7) is 8.25. The summed E-state index contributed by atoms with van der Waals surface area (Å²) in [7, 11) is -1.08. The van der Waals surface area contributed by atoms with Gasteiger partial charge in [0.2, 0.25) is 0 Å². The molecule has 0 amide bonds. The van der Waals surface area contributed by atoms with E-state index in [-0.39, 0.29) is 10.8 Å². The first-order chi connectivity index (χ1) is 11.4. The molecule has 134 valence electrons. The molecule has 0 saturated carbocycles. The topological polar surface area (TPSA) is 42.0 Å². The molecule has 1 aromatic carbocycles. The van der Waals surface area contributed by atoms with Gasteiger partial charge < -0.3 is 0 Å². The average molecular weight is 367 g/mol. The normalized spacial score (nSPS) is 14.8. The van der Waals surface area contributed by atoms with Crippen molar-refractivity contribution in [1.29, 1.82) is 0 Å². The average Bonchev–Trinajstić information content (AvgIpc) is 2.96. The van der Waals surface area contributed by atoms with Gasteiger partial charge in [0.1, 0.15) is 5.01 Å². The van der Waals surface area contributed by atoms with Crippen molar-refractivity contribution in [3.8, 4) is 0 Å². The lowest BCUT2D eigenvalue weighted by Crippen LogP contribution is -2.35. The van der Waals surface area contributed by atoms with Gasteiger partial charge in [-0.25, -0.2) is 13.9 Å². The summed E-state index contributed by atoms with van der Waals surface area (Å²) in [4.78, 5) is 4.78. The van der Waals surface area contributed by atoms with Gasteiger partial charge in [0.05, 0.1) is 32.0 Å². The highest BCUT2D eigenvalue weighted by atomic mass is 32.2. The van der Waals surface area contributed by atoms with Crippen molar-refractivity contribution < 1.29 is 4.21 Å². The van der Waals surface area contributed by atoms with Crippen LogP contribution < -0.4 is 4.72 Å². The molecule has 5 heteroatoms. The number of hydrogen-bond acceptors (Lipinski definition) is 3. The molecular weight excluding hydrogens is 336 g/mol. The van der Waals surface area contributed by atoms with Crippen LogP contribution in [-0.2, 0) is 11.0 Å². The first kappa shape index (κ1) is 19.5. The molecule has 2 atom stereocenters. The third-order valence-electron chi connectivity index (χ3n) is 4.01. The van der Waals surface area contributed by atoms with Crippen LogP contribution in [-0.4, -0.2) is 13.9 Å². The second kappa shape index (κ2) is 9.07. The fourth-order valence-electron chi connectivity index (χ4n) is 2.53. The highest BCUT2D eigenvalue weighted by Gasteiger charge is 2.25. The number of hydrogen-bond donors (Lipinski definition) is 1. The van der Waals surface area contributed by atoms with E-state index >= 15 is 0 Å². The minimum atomic E-state index is -1.08. The van der Waals surface area contributed by atoms with Gasteiger partial charge in [-0.05, 0) is 39.3 Å². The maximum atomic E-state index is 12.6. The van der Waals surface area contributed by atoms with E-state index in [2.05, 4.69) is 17.7 Å². The second-order valence-corrected chi connectivity index (χ2v) is 10.3. The van der Waals surface area contributed by atoms with Crippen LogP contribution in [0, 0.1) is 0 Å². The molecule has 0 saturated heterocycles. The fourth-order valence-corrected chi connectivity index (χ4v) is 4.50. The summed E-state index contributed by atoms with van der Waals surface area (Å²) in [6, 6.07) is 8.30. The van der Waals surface area contributed by atoms with Gasteiger partial charge in [0.15, 0.2) is 0 Å². The number of nitrogens with one attached hydrogen (secondary N) is 1. The van der Waals surface area contributed by atoms with E-state index in [9.17, 15) is 4.21 Å². The van der Waals surface area contributed by atoms with Crippen LogP contribution in [0.4, 0.5) is 0 Å². The predicted octanol–water partition coefficient (Wildman–Crippen LogP) is 5.75. The molecule has 0 aliphatic heterocycles. The largest absolute Gasteiger partial charge is 0.242 e. The molecule has 0 bridgehead atoms. The molecular formula is C19H30N2OS2. The minimum Gasteiger partial charge on any atom is -0.242 e. The van der Waals surface area contributed by atoms with E-state index in [4.69, 9.17) is 4.98 Å². The first-order valence-corrected chi connectivity index (χ1v) is 10.9. The fraction of sp³-hybridized carbons (Fsp3) is 0.632. The Morgan fingerprint density at radius 2 is 1.88 bits per heavy atom. The number of benzene rings is 1. The summed E-state index contributed by atoms with van der Waals surface area (Å²) in [5.74, 6) is 0. The highest BCUT2D eigenvalue weighted by molar-refractivity contribution is 7.84. The Morgan fingerprint density at radius 1 is 1.17 bits per heavy atom. The van der Waals surface area contributed by atoms with Crippen LogP contribution in [0.2, 0.25) is 0 Å². The zero-order valence-electron chi connectivity index (χ0n) is 15.3. The Balaban J connectivity index is 2.10. The van der Waals surface area contributed by atoms with Crippen molar-refractivity contribution >= 4 is 32.5 Å². The van der Waals surface area contributed by atoms with Crippen molar-refractivity contribution in [3.63, 3.8) is 0 Å². The van der Waals surface area contributed by atoms with Gasteiger partial charge in [0.25, 0.3) is 0 Å². The standard InChI is InChI=1S/C19H30N2OS2/c1-5-6-7-8-9-13-16(21-24(22)19(2,3)4)18-20-15-12-10-11-14-17(15)23-18/h10-12,14,16,21H,5-9,13H2,1-4H3/t16-,24?/m0/s1. The Morgan fingerprint density at radius 3 is 2.54 bits per heavy atom. The number of thiazole rings is 1. The Labute approximate surface area is 152 Å². The van der Waals surface area contributed by atoms with E-state index in [0.29, 0.717) is 0 Å². The molecule has 1 unspecified atom stereocenters. The monoisotopic (exact) mass is 366 g/mol. The molecule has 1 aromatic heterocycles. The minimum absolute atomic E-state index is 0.0732. The molecule has 0 radical (unpaired) electrons. The molecule has 0 aliphatic carbocycles. The number of unbranched alkanes of at least 4 members (excludes halogenated alkanes) is 4. The molecule has 0 fully saturated rings. The number of fused-ring (bicyclic) bond motifs is 1. The zero-order chi connectivity index (χ0) is 17.6. The maximum absolute atomic E-state index is 12.6. The van der Waals surface area contributed by atoms with Crippen LogP contribution in [0.1, 0.15) is 77.3 Å². The molecule has 0 spiro atoms. The first-order valence-electron chi connectivity index (χ1n) is 8.95. The van der Waals surface area contributed by atoms with E-state index in [0.717, 1.165) is 23.4 Å². The summed E-state index contributed by atoms with van der Waals surface area (Å²) < 4.78 is 16.9. The summed E-state index contributed by atoms with van der Waals surface area (Å²) in [5, 5.41) is 1.06. The number of nitrogens with zero attached hydrogens (tertiary/aromatic N) is 1. The maximum Gasteiger partial charge on any atom is 0.112 e. The van der Waals surface area contributed by atoms with Gasteiger partial charge >= 0.3 is 0 Å². The highest BCUT2D eigenvalue weighted by Crippen LogP contribution is 2.30. The zero-order valence-corrected chi connectivity index (χ0v) is 16.9. The Kier molecular flexibility index (Phi) is 7.38. The number of aromatic nitrogens is 1. The van der Waals surface area contributed by atoms with Gasteiger partial charge in [-0.3, -0.25) is 0 Å². The van der Waals surface area contributed by atoms with Gasteiger partial charge in [-0.15, -0.1) is 11.3 Å². The van der Waals surface area contributed by atoms with Crippen LogP contribution >= 0.6 is 11.3 Å². The van der Waals surface area contributed by atoms with Gasteiger partial charge in [0, 0.05) is 0 Å². The SMILES string of the molecule is CCCCCCC[C@H](NS(=O)C(C)(C)C)c1nc2ccccc2s1. The van der Waals surface area contributed by atoms with Crippen LogP contribution in [0.3, 0.4) is 0 Å². The van der Waals surface area contributed by atoms with Crippen molar-refractivity contribution in [2.45, 2.75) is 77.0 Å². The molecule has 2 rings (SSSR count). The molecule has 1 heterocycles. The van der Waals surface area contributed by atoms with Gasteiger partial charge in [-0.2, -0.15) is 0 Å². The third kappa shape index (κ3) is 5.64. The second-order valence-electron chi connectivity index (χ2n) is 7.27. The lowest BCUT2D eigenvalue weighted by Gasteiger charge is -2.23. The predicted molar refractivity (Wildman–Crippen MR) is 107 cm³/mol. The van der Waals surface area contributed by atoms with E-state index < -0.39 is 11.0 Å². The Bertz CT molecular complexity index is 628. The van der Waals surface area contributed by atoms with Crippen molar-refractivity contribution in [2.24, 2.45) is 0 Å². The van der Waals surface area contributed by atoms with Crippen LogP contribution in [0.25, 0.3) is 10.2 Å². The van der Waals surface area contributed by atoms with Crippen molar-refractivity contribution in [3.05, 3.63) is 29.3 Å². The van der Waals surface area contributed by atoms with Crippen LogP contribution in [0.15, 0.2) is 24.3 Å². The lowest BCUT2D eigenvalue weighted by atomic mass is 10.1. The van der Waals surface area contributed by atoms with E-state index in [1.807, 2.05) is 39.0 Å². The number of rotatable bonds is 9. The van der Waals surface area contributed by atoms with Crippen molar-refractivity contribution in [2.75, 3.05) is 0 Å². The molecule has 24 heavy (non-hydrogen) atoms. The van der Waals surface area contributed by atoms with E-state index in [1.165, 1.54) is 30.4 Å². The molecule has 2 aromatic rings. The third-order valence-corrected chi connectivity index (χ3v) is 6.77. The molecule has 1 N–H and O–H groups in total. The quantitative estimate of drug-likeness (QED) is 0.574. The number of para-hydroxylation sites is 1. The van der Waals surface area contributed by atoms with Gasteiger partial charge in [-0.1, -0.05) is 51.2 Å². The Hall–Kier alpha value is -0.780. The van der Waals surface area contributed by atoms with Crippen molar-refractivity contribution in [1.82, 2.24) is 9.71 Å². The smallest absolute Gasteiger partial charge is 0.112 e.